The molecule has 5 heteroatoms. The Bertz CT molecular complexity index is 493. The standard InChI is InChI=1S/C15H18O5/c16-15(17)14-7-11-1-2-12(8-13(11)20-14)19-9-10-3-5-18-6-4-10/h1-2,8,10,14H,3-7,9H2,(H,16,17). The number of benzene rings is 1. The lowest BCUT2D eigenvalue weighted by atomic mass is 10.0. The van der Waals surface area contributed by atoms with E-state index in [9.17, 15) is 4.79 Å². The first-order chi connectivity index (χ1) is 9.72. The fourth-order valence-electron chi connectivity index (χ4n) is 2.56. The van der Waals surface area contributed by atoms with Crippen molar-refractivity contribution in [1.29, 1.82) is 0 Å². The molecule has 2 heterocycles. The van der Waals surface area contributed by atoms with Gasteiger partial charge < -0.3 is 19.3 Å². The van der Waals surface area contributed by atoms with Gasteiger partial charge in [-0.25, -0.2) is 4.79 Å². The van der Waals surface area contributed by atoms with Crippen LogP contribution >= 0.6 is 0 Å². The summed E-state index contributed by atoms with van der Waals surface area (Å²) >= 11 is 0. The predicted molar refractivity (Wildman–Crippen MR) is 71.2 cm³/mol. The van der Waals surface area contributed by atoms with Crippen molar-refractivity contribution in [3.8, 4) is 11.5 Å². The zero-order valence-electron chi connectivity index (χ0n) is 11.2. The molecule has 0 radical (unpaired) electrons. The van der Waals surface area contributed by atoms with E-state index in [0.29, 0.717) is 24.7 Å². The second-order valence-electron chi connectivity index (χ2n) is 5.29. The van der Waals surface area contributed by atoms with Gasteiger partial charge in [0.15, 0.2) is 6.10 Å². The van der Waals surface area contributed by atoms with Crippen LogP contribution in [0.5, 0.6) is 11.5 Å². The number of carboxylic acid groups (broad SMARTS) is 1. The first-order valence-electron chi connectivity index (χ1n) is 6.95. The third kappa shape index (κ3) is 2.88. The molecule has 108 valence electrons. The summed E-state index contributed by atoms with van der Waals surface area (Å²) in [4.78, 5) is 10.9. The molecule has 2 aliphatic rings. The lowest BCUT2D eigenvalue weighted by Crippen LogP contribution is -2.24. The second-order valence-corrected chi connectivity index (χ2v) is 5.29. The van der Waals surface area contributed by atoms with Crippen molar-refractivity contribution in [2.75, 3.05) is 19.8 Å². The summed E-state index contributed by atoms with van der Waals surface area (Å²) in [5, 5.41) is 8.96. The molecule has 2 aliphatic heterocycles. The van der Waals surface area contributed by atoms with Gasteiger partial charge >= 0.3 is 5.97 Å². The van der Waals surface area contributed by atoms with Gasteiger partial charge in [0.1, 0.15) is 11.5 Å². The van der Waals surface area contributed by atoms with Gasteiger partial charge in [0, 0.05) is 25.7 Å². The molecular formula is C15H18O5. The second kappa shape index (κ2) is 5.71. The van der Waals surface area contributed by atoms with Gasteiger partial charge in [0.25, 0.3) is 0 Å². The molecule has 1 fully saturated rings. The number of aliphatic carboxylic acids is 1. The van der Waals surface area contributed by atoms with Gasteiger partial charge in [0.05, 0.1) is 6.61 Å². The number of carbonyl (C=O) groups is 1. The average Bonchev–Trinajstić information content (AvgIpc) is 2.89. The molecule has 1 saturated heterocycles. The third-order valence-electron chi connectivity index (χ3n) is 3.82. The minimum Gasteiger partial charge on any atom is -0.493 e. The molecule has 3 rings (SSSR count). The molecule has 1 aromatic rings. The number of ether oxygens (including phenoxy) is 3. The summed E-state index contributed by atoms with van der Waals surface area (Å²) in [5.41, 5.74) is 0.927. The summed E-state index contributed by atoms with van der Waals surface area (Å²) in [6.45, 7) is 2.29. The Kier molecular flexibility index (Phi) is 3.78. The minimum atomic E-state index is -0.925. The molecule has 1 N–H and O–H groups in total. The Hall–Kier alpha value is -1.75. The van der Waals surface area contributed by atoms with Crippen molar-refractivity contribution in [3.05, 3.63) is 23.8 Å². The third-order valence-corrected chi connectivity index (χ3v) is 3.82. The number of hydrogen-bond acceptors (Lipinski definition) is 4. The Morgan fingerprint density at radius 1 is 1.35 bits per heavy atom. The monoisotopic (exact) mass is 278 g/mol. The zero-order valence-corrected chi connectivity index (χ0v) is 11.2. The molecule has 20 heavy (non-hydrogen) atoms. The fourth-order valence-corrected chi connectivity index (χ4v) is 2.56. The summed E-state index contributed by atoms with van der Waals surface area (Å²) in [5.74, 6) is 0.971. The maximum absolute atomic E-state index is 10.9. The summed E-state index contributed by atoms with van der Waals surface area (Å²) < 4.78 is 16.5. The van der Waals surface area contributed by atoms with E-state index in [-0.39, 0.29) is 0 Å². The molecule has 5 nitrogen and oxygen atoms in total. The van der Waals surface area contributed by atoms with Crippen LogP contribution in [0.15, 0.2) is 18.2 Å². The van der Waals surface area contributed by atoms with Gasteiger partial charge in [-0.3, -0.25) is 0 Å². The van der Waals surface area contributed by atoms with Crippen molar-refractivity contribution in [2.24, 2.45) is 5.92 Å². The quantitative estimate of drug-likeness (QED) is 0.911. The summed E-state index contributed by atoms with van der Waals surface area (Å²) in [6.07, 6.45) is 1.71. The lowest BCUT2D eigenvalue weighted by molar-refractivity contribution is -0.144. The molecular weight excluding hydrogens is 260 g/mol. The van der Waals surface area contributed by atoms with Crippen LogP contribution in [-0.2, 0) is 16.0 Å². The van der Waals surface area contributed by atoms with E-state index in [2.05, 4.69) is 0 Å². The van der Waals surface area contributed by atoms with Crippen LogP contribution in [-0.4, -0.2) is 37.0 Å². The number of carboxylic acids is 1. The highest BCUT2D eigenvalue weighted by molar-refractivity contribution is 5.74. The number of rotatable bonds is 4. The van der Waals surface area contributed by atoms with Crippen molar-refractivity contribution in [3.63, 3.8) is 0 Å². The van der Waals surface area contributed by atoms with Gasteiger partial charge in [-0.05, 0) is 30.4 Å². The summed E-state index contributed by atoms with van der Waals surface area (Å²) in [7, 11) is 0. The molecule has 0 aliphatic carbocycles. The van der Waals surface area contributed by atoms with Gasteiger partial charge in [-0.1, -0.05) is 6.07 Å². The van der Waals surface area contributed by atoms with Crippen LogP contribution < -0.4 is 9.47 Å². The zero-order chi connectivity index (χ0) is 13.9. The average molecular weight is 278 g/mol. The smallest absolute Gasteiger partial charge is 0.345 e. The van der Waals surface area contributed by atoms with E-state index < -0.39 is 12.1 Å². The molecule has 0 spiro atoms. The first-order valence-corrected chi connectivity index (χ1v) is 6.95. The highest BCUT2D eigenvalue weighted by atomic mass is 16.5. The van der Waals surface area contributed by atoms with Crippen LogP contribution in [0, 0.1) is 5.92 Å². The van der Waals surface area contributed by atoms with Crippen molar-refractivity contribution < 1.29 is 24.1 Å². The number of hydrogen-bond donors (Lipinski definition) is 1. The molecule has 0 saturated carbocycles. The van der Waals surface area contributed by atoms with E-state index >= 15 is 0 Å². The molecule has 1 unspecified atom stereocenters. The minimum absolute atomic E-state index is 0.422. The molecule has 1 aromatic carbocycles. The normalized spacial score (nSPS) is 22.1. The van der Waals surface area contributed by atoms with E-state index in [1.54, 1.807) is 6.07 Å². The predicted octanol–water partition coefficient (Wildman–Crippen LogP) is 1.88. The molecule has 0 aromatic heterocycles. The van der Waals surface area contributed by atoms with Crippen LogP contribution in [0.25, 0.3) is 0 Å². The fraction of sp³-hybridized carbons (Fsp3) is 0.533. The highest BCUT2D eigenvalue weighted by Gasteiger charge is 2.29. The first kappa shape index (κ1) is 13.2. The molecule has 0 bridgehead atoms. The Morgan fingerprint density at radius 3 is 2.90 bits per heavy atom. The Morgan fingerprint density at radius 2 is 2.15 bits per heavy atom. The molecule has 1 atom stereocenters. The van der Waals surface area contributed by atoms with Crippen LogP contribution in [0.3, 0.4) is 0 Å². The largest absolute Gasteiger partial charge is 0.493 e. The summed E-state index contributed by atoms with van der Waals surface area (Å²) in [6, 6.07) is 5.56. The van der Waals surface area contributed by atoms with Gasteiger partial charge in [-0.15, -0.1) is 0 Å². The van der Waals surface area contributed by atoms with E-state index in [1.807, 2.05) is 12.1 Å². The number of fused-ring (bicyclic) bond motifs is 1. The van der Waals surface area contributed by atoms with Crippen LogP contribution in [0.1, 0.15) is 18.4 Å². The SMILES string of the molecule is O=C(O)C1Cc2ccc(OCC3CCOCC3)cc2O1. The van der Waals surface area contributed by atoms with Crippen molar-refractivity contribution >= 4 is 5.97 Å². The van der Waals surface area contributed by atoms with Crippen LogP contribution in [0.4, 0.5) is 0 Å². The maximum Gasteiger partial charge on any atom is 0.345 e. The van der Waals surface area contributed by atoms with E-state index in [0.717, 1.165) is 37.4 Å². The van der Waals surface area contributed by atoms with Crippen molar-refractivity contribution in [2.45, 2.75) is 25.4 Å². The topological polar surface area (TPSA) is 65.0 Å². The molecule has 0 amide bonds. The Balaban J connectivity index is 1.59. The highest BCUT2D eigenvalue weighted by Crippen LogP contribution is 2.32. The van der Waals surface area contributed by atoms with Gasteiger partial charge in [-0.2, -0.15) is 0 Å². The lowest BCUT2D eigenvalue weighted by Gasteiger charge is -2.22. The van der Waals surface area contributed by atoms with E-state index in [1.165, 1.54) is 0 Å². The van der Waals surface area contributed by atoms with Crippen molar-refractivity contribution in [1.82, 2.24) is 0 Å². The maximum atomic E-state index is 10.9. The van der Waals surface area contributed by atoms with Crippen LogP contribution in [0.2, 0.25) is 0 Å². The van der Waals surface area contributed by atoms with E-state index in [4.69, 9.17) is 19.3 Å². The Labute approximate surface area is 117 Å². The van der Waals surface area contributed by atoms with Gasteiger partial charge in [0.2, 0.25) is 0 Å².